The molecule has 8 nitrogen and oxygen atoms in total. The zero-order valence-corrected chi connectivity index (χ0v) is 12.5. The second-order valence-electron chi connectivity index (χ2n) is 4.85. The number of ether oxygens (including phenoxy) is 1. The van der Waals surface area contributed by atoms with E-state index in [0.29, 0.717) is 18.1 Å². The van der Waals surface area contributed by atoms with Crippen molar-refractivity contribution in [2.75, 3.05) is 7.11 Å². The van der Waals surface area contributed by atoms with Crippen molar-refractivity contribution in [1.82, 2.24) is 24.5 Å². The maximum absolute atomic E-state index is 12.1. The van der Waals surface area contributed by atoms with Crippen LogP contribution in [0.25, 0.3) is 5.65 Å². The second-order valence-corrected chi connectivity index (χ2v) is 4.85. The lowest BCUT2D eigenvalue weighted by Gasteiger charge is -2.05. The Hall–Kier alpha value is -3.16. The van der Waals surface area contributed by atoms with Crippen LogP contribution in [0.3, 0.4) is 0 Å². The number of carbonyl (C=O) groups excluding carboxylic acids is 1. The van der Waals surface area contributed by atoms with Gasteiger partial charge in [0.15, 0.2) is 5.65 Å². The molecule has 0 saturated carbocycles. The maximum atomic E-state index is 12.1. The molecule has 0 bridgehead atoms. The normalized spacial score (nSPS) is 10.7. The molecular weight excluding hydrogens is 298 g/mol. The third-order valence-corrected chi connectivity index (χ3v) is 3.28. The molecule has 0 spiro atoms. The van der Waals surface area contributed by atoms with Gasteiger partial charge in [0.2, 0.25) is 11.8 Å². The number of carbonyl (C=O) groups is 1. The summed E-state index contributed by atoms with van der Waals surface area (Å²) in [6.45, 7) is 0.183. The van der Waals surface area contributed by atoms with Crippen LogP contribution in [0.4, 0.5) is 0 Å². The molecule has 0 radical (unpaired) electrons. The minimum Gasteiger partial charge on any atom is -0.481 e. The molecule has 23 heavy (non-hydrogen) atoms. The first kappa shape index (κ1) is 14.8. The van der Waals surface area contributed by atoms with Gasteiger partial charge in [0.05, 0.1) is 7.11 Å². The Balaban J connectivity index is 1.64. The molecule has 3 aromatic rings. The number of hydrogen-bond acceptors (Lipinski definition) is 5. The van der Waals surface area contributed by atoms with Crippen LogP contribution in [0.5, 0.6) is 5.88 Å². The number of methoxy groups -OCH3 is 1. The van der Waals surface area contributed by atoms with Gasteiger partial charge in [-0.1, -0.05) is 12.1 Å². The Morgan fingerprint density at radius 1 is 1.30 bits per heavy atom. The third-order valence-electron chi connectivity index (χ3n) is 3.28. The molecule has 1 N–H and O–H groups in total. The largest absolute Gasteiger partial charge is 0.481 e. The highest BCUT2D eigenvalue weighted by Gasteiger charge is 2.10. The average molecular weight is 313 g/mol. The molecule has 0 fully saturated rings. The number of nitrogens with one attached hydrogen (secondary N) is 1. The molecule has 3 aromatic heterocycles. The fourth-order valence-corrected chi connectivity index (χ4v) is 2.10. The molecule has 3 rings (SSSR count). The van der Waals surface area contributed by atoms with Crippen LogP contribution in [0.15, 0.2) is 47.5 Å². The lowest BCUT2D eigenvalue weighted by Crippen LogP contribution is -2.32. The van der Waals surface area contributed by atoms with Crippen LogP contribution in [0, 0.1) is 0 Å². The summed E-state index contributed by atoms with van der Waals surface area (Å²) in [5.74, 6) is 0.211. The van der Waals surface area contributed by atoms with E-state index in [9.17, 15) is 9.59 Å². The summed E-state index contributed by atoms with van der Waals surface area (Å²) in [6, 6.07) is 8.75. The van der Waals surface area contributed by atoms with E-state index < -0.39 is 0 Å². The smallest absolute Gasteiger partial charge is 0.350 e. The van der Waals surface area contributed by atoms with Gasteiger partial charge in [-0.05, 0) is 17.7 Å². The van der Waals surface area contributed by atoms with Gasteiger partial charge in [-0.25, -0.2) is 14.5 Å². The molecular formula is C15H15N5O3. The van der Waals surface area contributed by atoms with Crippen molar-refractivity contribution in [3.63, 3.8) is 0 Å². The first-order chi connectivity index (χ1) is 11.2. The molecule has 0 unspecified atom stereocenters. The van der Waals surface area contributed by atoms with E-state index in [0.717, 1.165) is 10.2 Å². The van der Waals surface area contributed by atoms with E-state index in [2.05, 4.69) is 15.4 Å². The van der Waals surface area contributed by atoms with Crippen LogP contribution in [-0.4, -0.2) is 32.2 Å². The van der Waals surface area contributed by atoms with E-state index in [-0.39, 0.29) is 18.1 Å². The maximum Gasteiger partial charge on any atom is 0.350 e. The minimum atomic E-state index is -0.345. The molecule has 8 heteroatoms. The number of fused-ring (bicyclic) bond motifs is 1. The van der Waals surface area contributed by atoms with Crippen molar-refractivity contribution in [3.05, 3.63) is 58.8 Å². The number of rotatable bonds is 5. The lowest BCUT2D eigenvalue weighted by atomic mass is 10.3. The third kappa shape index (κ3) is 3.20. The Bertz CT molecular complexity index is 882. The highest BCUT2D eigenvalue weighted by atomic mass is 16.5. The van der Waals surface area contributed by atoms with Crippen molar-refractivity contribution in [3.8, 4) is 5.88 Å². The van der Waals surface area contributed by atoms with Gasteiger partial charge in [0.1, 0.15) is 6.54 Å². The summed E-state index contributed by atoms with van der Waals surface area (Å²) in [5, 5.41) is 6.84. The fourth-order valence-electron chi connectivity index (χ4n) is 2.10. The van der Waals surface area contributed by atoms with E-state index in [1.807, 2.05) is 6.07 Å². The molecule has 0 saturated heterocycles. The van der Waals surface area contributed by atoms with Crippen LogP contribution in [-0.2, 0) is 17.9 Å². The predicted octanol–water partition coefficient (Wildman–Crippen LogP) is 0.216. The summed E-state index contributed by atoms with van der Waals surface area (Å²) < 4.78 is 7.49. The van der Waals surface area contributed by atoms with Gasteiger partial charge in [0.25, 0.3) is 0 Å². The van der Waals surface area contributed by atoms with Gasteiger partial charge in [-0.2, -0.15) is 0 Å². The molecule has 1 amide bonds. The number of aromatic nitrogens is 4. The van der Waals surface area contributed by atoms with Crippen molar-refractivity contribution >= 4 is 11.6 Å². The molecule has 0 aliphatic carbocycles. The molecule has 0 atom stereocenters. The molecule has 0 aliphatic rings. The van der Waals surface area contributed by atoms with Crippen molar-refractivity contribution in [2.45, 2.75) is 13.1 Å². The predicted molar refractivity (Wildman–Crippen MR) is 82.1 cm³/mol. The summed E-state index contributed by atoms with van der Waals surface area (Å²) in [5.41, 5.74) is 0.994. The first-order valence-electron chi connectivity index (χ1n) is 6.97. The molecule has 0 aliphatic heterocycles. The standard InChI is InChI=1S/C15H15N5O3/c1-23-14-6-5-11(9-17-14)8-16-13(21)10-20-15(22)19-7-3-2-4-12(19)18-20/h2-7,9H,8,10H2,1H3,(H,16,21). The Morgan fingerprint density at radius 2 is 2.17 bits per heavy atom. The minimum absolute atomic E-state index is 0.135. The van der Waals surface area contributed by atoms with Crippen LogP contribution in [0.2, 0.25) is 0 Å². The van der Waals surface area contributed by atoms with E-state index in [4.69, 9.17) is 4.74 Å². The van der Waals surface area contributed by atoms with E-state index in [1.165, 1.54) is 11.5 Å². The summed E-state index contributed by atoms with van der Waals surface area (Å²) in [4.78, 5) is 28.1. The molecule has 118 valence electrons. The van der Waals surface area contributed by atoms with Gasteiger partial charge < -0.3 is 10.1 Å². The van der Waals surface area contributed by atoms with E-state index in [1.54, 1.807) is 36.7 Å². The Morgan fingerprint density at radius 3 is 2.87 bits per heavy atom. The Labute approximate surface area is 131 Å². The quantitative estimate of drug-likeness (QED) is 0.727. The second kappa shape index (κ2) is 6.30. The monoisotopic (exact) mass is 313 g/mol. The van der Waals surface area contributed by atoms with Gasteiger partial charge in [0, 0.05) is 25.0 Å². The highest BCUT2D eigenvalue weighted by molar-refractivity contribution is 5.75. The van der Waals surface area contributed by atoms with E-state index >= 15 is 0 Å². The zero-order valence-electron chi connectivity index (χ0n) is 12.5. The Kier molecular flexibility index (Phi) is 4.05. The first-order valence-corrected chi connectivity index (χ1v) is 6.97. The summed E-state index contributed by atoms with van der Waals surface area (Å²) in [6.07, 6.45) is 3.23. The number of pyridine rings is 2. The van der Waals surface area contributed by atoms with Crippen LogP contribution in [0.1, 0.15) is 5.56 Å². The molecule has 0 aromatic carbocycles. The lowest BCUT2D eigenvalue weighted by molar-refractivity contribution is -0.122. The topological polar surface area (TPSA) is 90.5 Å². The zero-order chi connectivity index (χ0) is 16.2. The van der Waals surface area contributed by atoms with Crippen molar-refractivity contribution in [1.29, 1.82) is 0 Å². The number of amides is 1. The van der Waals surface area contributed by atoms with Crippen LogP contribution >= 0.6 is 0 Å². The van der Waals surface area contributed by atoms with Crippen molar-refractivity contribution in [2.24, 2.45) is 0 Å². The average Bonchev–Trinajstić information content (AvgIpc) is 2.90. The molecule has 3 heterocycles. The SMILES string of the molecule is COc1ccc(CNC(=O)Cn2nc3ccccn3c2=O)cn1. The van der Waals surface area contributed by atoms with Gasteiger partial charge >= 0.3 is 5.69 Å². The van der Waals surface area contributed by atoms with Crippen molar-refractivity contribution < 1.29 is 9.53 Å². The van der Waals surface area contributed by atoms with Crippen LogP contribution < -0.4 is 15.7 Å². The fraction of sp³-hybridized carbons (Fsp3) is 0.200. The number of nitrogens with zero attached hydrogens (tertiary/aromatic N) is 4. The summed E-state index contributed by atoms with van der Waals surface area (Å²) in [7, 11) is 1.54. The van der Waals surface area contributed by atoms with Gasteiger partial charge in [-0.3, -0.25) is 9.20 Å². The van der Waals surface area contributed by atoms with Gasteiger partial charge in [-0.15, -0.1) is 5.10 Å². The summed E-state index contributed by atoms with van der Waals surface area (Å²) >= 11 is 0. The number of hydrogen-bond donors (Lipinski definition) is 1. The highest BCUT2D eigenvalue weighted by Crippen LogP contribution is 2.06.